The summed E-state index contributed by atoms with van der Waals surface area (Å²) < 4.78 is 0. The summed E-state index contributed by atoms with van der Waals surface area (Å²) in [5, 5.41) is 9.01. The van der Waals surface area contributed by atoms with Gasteiger partial charge in [-0.05, 0) is 12.5 Å². The monoisotopic (exact) mass is 213 g/mol. The fourth-order valence-electron chi connectivity index (χ4n) is 1.83. The fourth-order valence-corrected chi connectivity index (χ4v) is 3.16. The first-order chi connectivity index (χ1) is 6.54. The summed E-state index contributed by atoms with van der Waals surface area (Å²) in [5.74, 6) is -0.394. The van der Waals surface area contributed by atoms with Gasteiger partial charge in [0.05, 0.1) is 11.3 Å². The lowest BCUT2D eigenvalue weighted by molar-refractivity contribution is -0.151. The molecule has 76 valence electrons. The number of carboxylic acid groups (broad SMARTS) is 1. The third-order valence-electron chi connectivity index (χ3n) is 2.63. The van der Waals surface area contributed by atoms with Crippen molar-refractivity contribution in [1.82, 2.24) is 4.90 Å². The van der Waals surface area contributed by atoms with Gasteiger partial charge in [0.2, 0.25) is 5.91 Å². The molecule has 0 saturated carbocycles. The number of fused-ring (bicyclic) bond motifs is 1. The molecule has 1 unspecified atom stereocenters. The molecule has 5 heteroatoms. The number of carbonyl (C=O) groups is 2. The van der Waals surface area contributed by atoms with Crippen LogP contribution in [0.5, 0.6) is 0 Å². The van der Waals surface area contributed by atoms with E-state index in [9.17, 15) is 9.59 Å². The molecule has 1 fully saturated rings. The predicted molar refractivity (Wildman–Crippen MR) is 52.6 cm³/mol. The first-order valence-electron chi connectivity index (χ1n) is 4.41. The Kier molecular flexibility index (Phi) is 2.06. The molecule has 0 spiro atoms. The van der Waals surface area contributed by atoms with Gasteiger partial charge in [-0.15, -0.1) is 11.8 Å². The van der Waals surface area contributed by atoms with E-state index < -0.39 is 5.97 Å². The second-order valence-electron chi connectivity index (χ2n) is 3.63. The van der Waals surface area contributed by atoms with Crippen LogP contribution in [0.3, 0.4) is 0 Å². The van der Waals surface area contributed by atoms with E-state index in [4.69, 9.17) is 5.11 Å². The number of rotatable bonds is 1. The molecule has 0 aromatic rings. The summed E-state index contributed by atoms with van der Waals surface area (Å²) in [4.78, 5) is 23.8. The lowest BCUT2D eigenvalue weighted by Gasteiger charge is -2.48. The number of aliphatic carboxylic acids is 1. The van der Waals surface area contributed by atoms with E-state index >= 15 is 0 Å². The largest absolute Gasteiger partial charge is 0.477 e. The van der Waals surface area contributed by atoms with Crippen molar-refractivity contribution in [1.29, 1.82) is 0 Å². The Balaban J connectivity index is 2.37. The summed E-state index contributed by atoms with van der Waals surface area (Å²) in [5.41, 5.74) is 0.968. The summed E-state index contributed by atoms with van der Waals surface area (Å²) in [6.45, 7) is 3.61. The topological polar surface area (TPSA) is 57.6 Å². The molecular weight excluding hydrogens is 202 g/mol. The molecule has 0 aliphatic carbocycles. The fraction of sp³-hybridized carbons (Fsp3) is 0.556. The van der Waals surface area contributed by atoms with Crippen molar-refractivity contribution in [2.75, 3.05) is 5.75 Å². The Bertz CT molecular complexity index is 350. The van der Waals surface area contributed by atoms with Crippen molar-refractivity contribution < 1.29 is 14.7 Å². The van der Waals surface area contributed by atoms with Crippen LogP contribution in [0.15, 0.2) is 11.3 Å². The maximum Gasteiger partial charge on any atom is 0.352 e. The van der Waals surface area contributed by atoms with Gasteiger partial charge in [-0.3, -0.25) is 9.69 Å². The highest BCUT2D eigenvalue weighted by Crippen LogP contribution is 2.43. The minimum Gasteiger partial charge on any atom is -0.477 e. The zero-order valence-corrected chi connectivity index (χ0v) is 8.80. The summed E-state index contributed by atoms with van der Waals surface area (Å²) >= 11 is 1.64. The molecule has 0 aromatic heterocycles. The lowest BCUT2D eigenvalue weighted by Crippen LogP contribution is -2.60. The zero-order chi connectivity index (χ0) is 10.5. The van der Waals surface area contributed by atoms with Crippen LogP contribution in [-0.2, 0) is 9.59 Å². The molecule has 4 nitrogen and oxygen atoms in total. The van der Waals surface area contributed by atoms with Crippen LogP contribution in [0, 0.1) is 5.92 Å². The first kappa shape index (κ1) is 9.58. The Morgan fingerprint density at radius 1 is 1.64 bits per heavy atom. The first-order valence-corrected chi connectivity index (χ1v) is 5.46. The number of hydrogen-bond donors (Lipinski definition) is 1. The molecule has 2 aliphatic rings. The van der Waals surface area contributed by atoms with Gasteiger partial charge >= 0.3 is 5.97 Å². The minimum absolute atomic E-state index is 0.0392. The third kappa shape index (κ3) is 1.08. The van der Waals surface area contributed by atoms with E-state index in [0.29, 0.717) is 5.75 Å². The number of β-lactam (4-membered cyclic amide) rings is 1. The van der Waals surface area contributed by atoms with Crippen molar-refractivity contribution in [2.24, 2.45) is 5.92 Å². The standard InChI is InChI=1S/C9H11NO3S/c1-4-3-14-8-5(2)7(11)10(8)6(4)9(12)13/h5,8H,3H2,1-2H3,(H,12,13)/t5-,8?/m1/s1. The van der Waals surface area contributed by atoms with Crippen molar-refractivity contribution in [3.63, 3.8) is 0 Å². The molecule has 1 amide bonds. The van der Waals surface area contributed by atoms with Crippen molar-refractivity contribution in [2.45, 2.75) is 19.2 Å². The molecule has 2 atom stereocenters. The van der Waals surface area contributed by atoms with Gasteiger partial charge < -0.3 is 5.11 Å². The maximum atomic E-state index is 11.5. The molecule has 0 radical (unpaired) electrons. The summed E-state index contributed by atoms with van der Waals surface area (Å²) in [7, 11) is 0. The molecule has 0 bridgehead atoms. The van der Waals surface area contributed by atoms with Gasteiger partial charge in [0.1, 0.15) is 5.70 Å². The molecule has 2 heterocycles. The van der Waals surface area contributed by atoms with E-state index in [1.165, 1.54) is 4.90 Å². The van der Waals surface area contributed by atoms with E-state index in [-0.39, 0.29) is 22.9 Å². The highest BCUT2D eigenvalue weighted by molar-refractivity contribution is 8.00. The van der Waals surface area contributed by atoms with Crippen molar-refractivity contribution in [3.05, 3.63) is 11.3 Å². The summed E-state index contributed by atoms with van der Waals surface area (Å²) in [6, 6.07) is 0. The highest BCUT2D eigenvalue weighted by atomic mass is 32.2. The van der Waals surface area contributed by atoms with Gasteiger partial charge in [0.15, 0.2) is 0 Å². The number of carboxylic acids is 1. The van der Waals surface area contributed by atoms with Crippen LogP contribution >= 0.6 is 11.8 Å². The molecule has 14 heavy (non-hydrogen) atoms. The Morgan fingerprint density at radius 2 is 2.29 bits per heavy atom. The number of thioether (sulfide) groups is 1. The Morgan fingerprint density at radius 3 is 2.86 bits per heavy atom. The minimum atomic E-state index is -0.993. The summed E-state index contributed by atoms with van der Waals surface area (Å²) in [6.07, 6.45) is 0. The van der Waals surface area contributed by atoms with Gasteiger partial charge in [-0.2, -0.15) is 0 Å². The third-order valence-corrected chi connectivity index (χ3v) is 4.19. The Hall–Kier alpha value is -0.970. The van der Waals surface area contributed by atoms with E-state index in [2.05, 4.69) is 0 Å². The normalized spacial score (nSPS) is 31.3. The maximum absolute atomic E-state index is 11.5. The van der Waals surface area contributed by atoms with Crippen molar-refractivity contribution >= 4 is 23.6 Å². The van der Waals surface area contributed by atoms with Crippen LogP contribution in [0.1, 0.15) is 13.8 Å². The molecule has 2 rings (SSSR count). The van der Waals surface area contributed by atoms with Gasteiger partial charge in [0, 0.05) is 5.75 Å². The Labute approximate surface area is 86.0 Å². The molecule has 2 aliphatic heterocycles. The van der Waals surface area contributed by atoms with E-state index in [1.54, 1.807) is 18.7 Å². The molecule has 1 N–H and O–H groups in total. The number of nitrogens with zero attached hydrogens (tertiary/aromatic N) is 1. The SMILES string of the molecule is CC1=C(C(=O)O)N2C(=O)[C@@H](C)C2SC1. The molecular formula is C9H11NO3S. The van der Waals surface area contributed by atoms with Crippen LogP contribution in [0.4, 0.5) is 0 Å². The van der Waals surface area contributed by atoms with E-state index in [0.717, 1.165) is 5.57 Å². The molecule has 0 aromatic carbocycles. The number of carbonyl (C=O) groups excluding carboxylic acids is 1. The average molecular weight is 213 g/mol. The highest BCUT2D eigenvalue weighted by Gasteiger charge is 2.50. The zero-order valence-electron chi connectivity index (χ0n) is 7.98. The predicted octanol–water partition coefficient (Wildman–Crippen LogP) is 0.896. The lowest BCUT2D eigenvalue weighted by atomic mass is 9.98. The van der Waals surface area contributed by atoms with Gasteiger partial charge in [0.25, 0.3) is 0 Å². The smallest absolute Gasteiger partial charge is 0.352 e. The van der Waals surface area contributed by atoms with Crippen LogP contribution in [0.2, 0.25) is 0 Å². The van der Waals surface area contributed by atoms with Crippen molar-refractivity contribution in [3.8, 4) is 0 Å². The second-order valence-corrected chi connectivity index (χ2v) is 4.74. The van der Waals surface area contributed by atoms with E-state index in [1.807, 2.05) is 6.92 Å². The van der Waals surface area contributed by atoms with Gasteiger partial charge in [-0.1, -0.05) is 6.92 Å². The average Bonchev–Trinajstić information content (AvgIpc) is 2.15. The second kappa shape index (κ2) is 3.02. The molecule has 1 saturated heterocycles. The quantitative estimate of drug-likeness (QED) is 0.657. The number of hydrogen-bond acceptors (Lipinski definition) is 3. The van der Waals surface area contributed by atoms with Crippen LogP contribution in [-0.4, -0.2) is 33.0 Å². The van der Waals surface area contributed by atoms with Crippen LogP contribution < -0.4 is 0 Å². The van der Waals surface area contributed by atoms with Gasteiger partial charge in [-0.25, -0.2) is 4.79 Å². The van der Waals surface area contributed by atoms with Crippen LogP contribution in [0.25, 0.3) is 0 Å². The number of amides is 1.